The number of aryl methyl sites for hydroxylation is 2. The van der Waals surface area contributed by atoms with E-state index < -0.39 is 6.04 Å². The first kappa shape index (κ1) is 20.5. The number of ether oxygens (including phenoxy) is 1. The zero-order chi connectivity index (χ0) is 20.0. The summed E-state index contributed by atoms with van der Waals surface area (Å²) in [6.45, 7) is 7.94. The molecule has 5 heteroatoms. The normalized spacial score (nSPS) is 11.6. The molecule has 2 aromatic rings. The van der Waals surface area contributed by atoms with Crippen LogP contribution in [0.1, 0.15) is 29.2 Å². The zero-order valence-electron chi connectivity index (χ0n) is 16.7. The van der Waals surface area contributed by atoms with Gasteiger partial charge in [0.15, 0.2) is 6.61 Å². The summed E-state index contributed by atoms with van der Waals surface area (Å²) in [6, 6.07) is 13.1. The Morgan fingerprint density at radius 1 is 1.07 bits per heavy atom. The van der Waals surface area contributed by atoms with Gasteiger partial charge in [-0.3, -0.25) is 9.59 Å². The van der Waals surface area contributed by atoms with Gasteiger partial charge >= 0.3 is 0 Å². The van der Waals surface area contributed by atoms with Gasteiger partial charge in [0.2, 0.25) is 5.91 Å². The number of nitrogens with zero attached hydrogens (tertiary/aromatic N) is 1. The van der Waals surface area contributed by atoms with Crippen molar-refractivity contribution in [2.75, 3.05) is 13.7 Å². The minimum absolute atomic E-state index is 0.114. The van der Waals surface area contributed by atoms with Crippen LogP contribution in [-0.4, -0.2) is 36.4 Å². The van der Waals surface area contributed by atoms with E-state index in [-0.39, 0.29) is 18.4 Å². The lowest BCUT2D eigenvalue weighted by Gasteiger charge is -2.28. The Balaban J connectivity index is 2.15. The van der Waals surface area contributed by atoms with Crippen LogP contribution in [0.15, 0.2) is 42.5 Å². The maximum absolute atomic E-state index is 12.9. The smallest absolute Gasteiger partial charge is 0.261 e. The highest BCUT2D eigenvalue weighted by atomic mass is 16.5. The Morgan fingerprint density at radius 3 is 2.37 bits per heavy atom. The van der Waals surface area contributed by atoms with Crippen molar-refractivity contribution in [2.45, 2.75) is 40.3 Å². The molecule has 0 aromatic heterocycles. The maximum Gasteiger partial charge on any atom is 0.261 e. The van der Waals surface area contributed by atoms with E-state index in [0.717, 1.165) is 22.3 Å². The first-order chi connectivity index (χ1) is 12.8. The molecule has 0 unspecified atom stereocenters. The Labute approximate surface area is 161 Å². The number of hydrogen-bond donors (Lipinski definition) is 1. The van der Waals surface area contributed by atoms with E-state index in [1.165, 1.54) is 0 Å². The van der Waals surface area contributed by atoms with Gasteiger partial charge in [-0.2, -0.15) is 0 Å². The van der Waals surface area contributed by atoms with Gasteiger partial charge < -0.3 is 15.0 Å². The average Bonchev–Trinajstić information content (AvgIpc) is 2.67. The van der Waals surface area contributed by atoms with Gasteiger partial charge in [-0.05, 0) is 50.5 Å². The molecule has 1 atom stereocenters. The molecule has 0 bridgehead atoms. The number of benzene rings is 2. The summed E-state index contributed by atoms with van der Waals surface area (Å²) in [7, 11) is 1.57. The van der Waals surface area contributed by atoms with Crippen LogP contribution in [0.25, 0.3) is 0 Å². The van der Waals surface area contributed by atoms with E-state index in [0.29, 0.717) is 12.3 Å². The summed E-state index contributed by atoms with van der Waals surface area (Å²) in [5.41, 5.74) is 4.23. The highest BCUT2D eigenvalue weighted by Crippen LogP contribution is 2.21. The van der Waals surface area contributed by atoms with E-state index in [1.54, 1.807) is 18.9 Å². The molecule has 2 rings (SSSR count). The van der Waals surface area contributed by atoms with Gasteiger partial charge in [-0.1, -0.05) is 42.0 Å². The Bertz CT molecular complexity index is 800. The topological polar surface area (TPSA) is 58.6 Å². The molecule has 0 fully saturated rings. The lowest BCUT2D eigenvalue weighted by atomic mass is 10.1. The molecule has 2 aromatic carbocycles. The second kappa shape index (κ2) is 9.21. The summed E-state index contributed by atoms with van der Waals surface area (Å²) in [5, 5.41) is 2.61. The zero-order valence-corrected chi connectivity index (χ0v) is 16.7. The standard InChI is InChI=1S/C22H28N2O3/c1-15-9-11-19(12-10-15)13-24(18(4)22(26)23-5)21(25)14-27-20-8-6-7-16(2)17(20)3/h6-12,18H,13-14H2,1-5H3,(H,23,26)/t18-/m0/s1. The minimum Gasteiger partial charge on any atom is -0.483 e. The third-order valence-electron chi connectivity index (χ3n) is 4.79. The predicted octanol–water partition coefficient (Wildman–Crippen LogP) is 3.15. The molecule has 27 heavy (non-hydrogen) atoms. The molecule has 1 N–H and O–H groups in total. The first-order valence-electron chi connectivity index (χ1n) is 9.09. The number of amides is 2. The molecule has 0 saturated heterocycles. The van der Waals surface area contributed by atoms with E-state index >= 15 is 0 Å². The van der Waals surface area contributed by atoms with Gasteiger partial charge in [0.1, 0.15) is 11.8 Å². The molecule has 0 saturated carbocycles. The van der Waals surface area contributed by atoms with Crippen LogP contribution in [0.2, 0.25) is 0 Å². The fraction of sp³-hybridized carbons (Fsp3) is 0.364. The summed E-state index contributed by atoms with van der Waals surface area (Å²) in [5.74, 6) is 0.251. The lowest BCUT2D eigenvalue weighted by molar-refractivity contribution is -0.142. The van der Waals surface area contributed by atoms with Crippen molar-refractivity contribution >= 4 is 11.8 Å². The van der Waals surface area contributed by atoms with Crippen LogP contribution in [0, 0.1) is 20.8 Å². The highest BCUT2D eigenvalue weighted by Gasteiger charge is 2.26. The first-order valence-corrected chi connectivity index (χ1v) is 9.09. The summed E-state index contributed by atoms with van der Waals surface area (Å²) >= 11 is 0. The molecule has 0 heterocycles. The van der Waals surface area contributed by atoms with Crippen molar-refractivity contribution in [3.63, 3.8) is 0 Å². The van der Waals surface area contributed by atoms with Crippen LogP contribution in [0.3, 0.4) is 0 Å². The van der Waals surface area contributed by atoms with E-state index in [9.17, 15) is 9.59 Å². The minimum atomic E-state index is -0.592. The van der Waals surface area contributed by atoms with Crippen molar-refractivity contribution in [1.82, 2.24) is 10.2 Å². The van der Waals surface area contributed by atoms with Crippen molar-refractivity contribution in [1.29, 1.82) is 0 Å². The van der Waals surface area contributed by atoms with Gasteiger partial charge in [0, 0.05) is 13.6 Å². The van der Waals surface area contributed by atoms with Crippen molar-refractivity contribution in [3.05, 3.63) is 64.7 Å². The molecule has 0 aliphatic heterocycles. The summed E-state index contributed by atoms with van der Waals surface area (Å²) < 4.78 is 5.76. The third kappa shape index (κ3) is 5.33. The molecule has 0 aliphatic carbocycles. The van der Waals surface area contributed by atoms with Crippen molar-refractivity contribution in [2.24, 2.45) is 0 Å². The molecule has 5 nitrogen and oxygen atoms in total. The average molecular weight is 368 g/mol. The van der Waals surface area contributed by atoms with Gasteiger partial charge in [-0.25, -0.2) is 0 Å². The van der Waals surface area contributed by atoms with Crippen LogP contribution >= 0.6 is 0 Å². The highest BCUT2D eigenvalue weighted by molar-refractivity contribution is 5.87. The van der Waals surface area contributed by atoms with Crippen LogP contribution in [-0.2, 0) is 16.1 Å². The molecule has 2 amide bonds. The largest absolute Gasteiger partial charge is 0.483 e. The number of carbonyl (C=O) groups is 2. The van der Waals surface area contributed by atoms with Crippen molar-refractivity contribution < 1.29 is 14.3 Å². The number of nitrogens with one attached hydrogen (secondary N) is 1. The summed E-state index contributed by atoms with van der Waals surface area (Å²) in [6.07, 6.45) is 0. The Hall–Kier alpha value is -2.82. The Morgan fingerprint density at radius 2 is 1.74 bits per heavy atom. The van der Waals surface area contributed by atoms with E-state index in [1.807, 2.05) is 63.2 Å². The molecule has 0 aliphatic rings. The predicted molar refractivity (Wildman–Crippen MR) is 107 cm³/mol. The second-order valence-corrected chi connectivity index (χ2v) is 6.78. The fourth-order valence-corrected chi connectivity index (χ4v) is 2.78. The van der Waals surface area contributed by atoms with Crippen molar-refractivity contribution in [3.8, 4) is 5.75 Å². The molecule has 0 spiro atoms. The van der Waals surface area contributed by atoms with Gasteiger partial charge in [0.25, 0.3) is 5.91 Å². The molecule has 0 radical (unpaired) electrons. The quantitative estimate of drug-likeness (QED) is 0.817. The monoisotopic (exact) mass is 368 g/mol. The number of rotatable bonds is 7. The second-order valence-electron chi connectivity index (χ2n) is 6.78. The molecular weight excluding hydrogens is 340 g/mol. The number of hydrogen-bond acceptors (Lipinski definition) is 3. The third-order valence-corrected chi connectivity index (χ3v) is 4.79. The summed E-state index contributed by atoms with van der Waals surface area (Å²) in [4.78, 5) is 26.5. The molecular formula is C22H28N2O3. The number of carbonyl (C=O) groups excluding carboxylic acids is 2. The number of likely N-dealkylation sites (N-methyl/N-ethyl adjacent to an activating group) is 1. The van der Waals surface area contributed by atoms with Crippen LogP contribution in [0.5, 0.6) is 5.75 Å². The van der Waals surface area contributed by atoms with Gasteiger partial charge in [0.05, 0.1) is 0 Å². The van der Waals surface area contributed by atoms with Crippen LogP contribution < -0.4 is 10.1 Å². The van der Waals surface area contributed by atoms with Crippen LogP contribution in [0.4, 0.5) is 0 Å². The maximum atomic E-state index is 12.9. The molecule has 144 valence electrons. The SMILES string of the molecule is CNC(=O)[C@H](C)N(Cc1ccc(C)cc1)C(=O)COc1cccc(C)c1C. The van der Waals surface area contributed by atoms with Gasteiger partial charge in [-0.15, -0.1) is 0 Å². The van der Waals surface area contributed by atoms with E-state index in [2.05, 4.69) is 5.32 Å². The van der Waals surface area contributed by atoms with E-state index in [4.69, 9.17) is 4.74 Å². The fourth-order valence-electron chi connectivity index (χ4n) is 2.78. The Kier molecular flexibility index (Phi) is 6.99. The lowest BCUT2D eigenvalue weighted by Crippen LogP contribution is -2.48.